The number of likely N-dealkylation sites (tertiary alicyclic amines) is 1. The summed E-state index contributed by atoms with van der Waals surface area (Å²) in [5, 5.41) is 15.1. The molecule has 0 spiro atoms. The Balaban J connectivity index is 1.16. The molecule has 3 nitrogen and oxygen atoms in total. The van der Waals surface area contributed by atoms with Crippen molar-refractivity contribution in [1.29, 1.82) is 5.41 Å². The van der Waals surface area contributed by atoms with Crippen LogP contribution in [0.5, 0.6) is 0 Å². The summed E-state index contributed by atoms with van der Waals surface area (Å²) in [7, 11) is 0. The minimum Gasteiger partial charge on any atom is -0.357 e. The van der Waals surface area contributed by atoms with Crippen molar-refractivity contribution in [2.45, 2.75) is 56.9 Å². The summed E-state index contributed by atoms with van der Waals surface area (Å²) in [5.74, 6) is 1.33. The third kappa shape index (κ3) is 4.73. The van der Waals surface area contributed by atoms with E-state index in [1.165, 1.54) is 60.4 Å². The molecule has 0 amide bonds. The third-order valence-electron chi connectivity index (χ3n) is 7.46. The van der Waals surface area contributed by atoms with Gasteiger partial charge in [-0.05, 0) is 72.9 Å². The first-order valence-electron chi connectivity index (χ1n) is 12.4. The topological polar surface area (TPSA) is 39.1 Å². The van der Waals surface area contributed by atoms with Crippen LogP contribution in [0.4, 0.5) is 0 Å². The molecule has 166 valence electrons. The van der Waals surface area contributed by atoms with Crippen LogP contribution in [-0.4, -0.2) is 36.4 Å². The van der Waals surface area contributed by atoms with Crippen molar-refractivity contribution in [3.63, 3.8) is 0 Å². The van der Waals surface area contributed by atoms with E-state index in [0.717, 1.165) is 31.6 Å². The molecule has 2 aliphatic rings. The van der Waals surface area contributed by atoms with Crippen LogP contribution in [0, 0.1) is 5.41 Å². The fourth-order valence-corrected chi connectivity index (χ4v) is 5.64. The lowest BCUT2D eigenvalue weighted by Crippen LogP contribution is -2.34. The average Bonchev–Trinajstić information content (AvgIpc) is 3.39. The summed E-state index contributed by atoms with van der Waals surface area (Å²) in [6, 6.07) is 24.9. The van der Waals surface area contributed by atoms with Gasteiger partial charge in [0.25, 0.3) is 0 Å². The number of fused-ring (bicyclic) bond motifs is 1. The van der Waals surface area contributed by atoms with Crippen LogP contribution in [0.1, 0.15) is 61.1 Å². The molecule has 1 saturated heterocycles. The molecule has 3 aromatic carbocycles. The molecule has 3 heteroatoms. The second-order valence-corrected chi connectivity index (χ2v) is 9.57. The van der Waals surface area contributed by atoms with Crippen molar-refractivity contribution in [1.82, 2.24) is 10.2 Å². The molecular formula is C29H35N3. The van der Waals surface area contributed by atoms with Crippen LogP contribution in [-0.2, 0) is 6.42 Å². The predicted octanol–water partition coefficient (Wildman–Crippen LogP) is 6.12. The van der Waals surface area contributed by atoms with Crippen molar-refractivity contribution in [2.75, 3.05) is 19.6 Å². The van der Waals surface area contributed by atoms with E-state index in [1.54, 1.807) is 0 Å². The van der Waals surface area contributed by atoms with Gasteiger partial charge < -0.3 is 10.2 Å². The molecule has 3 aromatic rings. The number of rotatable bonds is 6. The van der Waals surface area contributed by atoms with Gasteiger partial charge in [0.15, 0.2) is 0 Å². The van der Waals surface area contributed by atoms with Gasteiger partial charge in [-0.3, -0.25) is 5.41 Å². The molecule has 0 aromatic heterocycles. The summed E-state index contributed by atoms with van der Waals surface area (Å²) in [5.41, 5.74) is 3.96. The Morgan fingerprint density at radius 3 is 2.50 bits per heavy atom. The Bertz CT molecular complexity index is 1040. The maximum absolute atomic E-state index is 8.49. The number of hydrogen-bond acceptors (Lipinski definition) is 2. The van der Waals surface area contributed by atoms with E-state index in [4.69, 9.17) is 5.41 Å². The van der Waals surface area contributed by atoms with Gasteiger partial charge in [-0.15, -0.1) is 0 Å². The van der Waals surface area contributed by atoms with E-state index < -0.39 is 0 Å². The molecule has 1 heterocycles. The summed E-state index contributed by atoms with van der Waals surface area (Å²) in [6.07, 6.45) is 8.60. The van der Waals surface area contributed by atoms with Gasteiger partial charge in [0.2, 0.25) is 0 Å². The quantitative estimate of drug-likeness (QED) is 0.369. The van der Waals surface area contributed by atoms with E-state index in [2.05, 4.69) is 76.9 Å². The second kappa shape index (κ2) is 9.87. The smallest absolute Gasteiger partial charge is 0.128 e. The van der Waals surface area contributed by atoms with Crippen molar-refractivity contribution < 1.29 is 0 Å². The molecule has 0 radical (unpaired) electrons. The molecule has 2 unspecified atom stereocenters. The van der Waals surface area contributed by atoms with E-state index in [0.29, 0.717) is 17.8 Å². The fourth-order valence-electron chi connectivity index (χ4n) is 5.64. The molecule has 5 rings (SSSR count). The maximum atomic E-state index is 8.49. The molecule has 32 heavy (non-hydrogen) atoms. The standard InChI is InChI=1S/C29H35N3/c30-29(32-19-3-4-20-32)25-15-13-22(14-16-25)26-10-6-11-27(21-26)31-18-17-24-9-5-8-23-7-1-2-12-28(23)24/h1-2,5,7-9,12-16,26-27,30-31H,3-4,6,10-11,17-21H2. The summed E-state index contributed by atoms with van der Waals surface area (Å²) in [6.45, 7) is 3.11. The van der Waals surface area contributed by atoms with Crippen LogP contribution in [0.15, 0.2) is 66.7 Å². The first-order valence-corrected chi connectivity index (χ1v) is 12.4. The first kappa shape index (κ1) is 21.2. The fraction of sp³-hybridized carbons (Fsp3) is 0.414. The van der Waals surface area contributed by atoms with E-state index in [-0.39, 0.29) is 0 Å². The average molecular weight is 426 g/mol. The Morgan fingerprint density at radius 2 is 1.66 bits per heavy atom. The monoisotopic (exact) mass is 425 g/mol. The Morgan fingerprint density at radius 1 is 0.875 bits per heavy atom. The van der Waals surface area contributed by atoms with Crippen LogP contribution >= 0.6 is 0 Å². The molecule has 1 aliphatic carbocycles. The van der Waals surface area contributed by atoms with E-state index in [9.17, 15) is 0 Å². The first-order chi connectivity index (χ1) is 15.8. The largest absolute Gasteiger partial charge is 0.357 e. The Kier molecular flexibility index (Phi) is 6.54. The predicted molar refractivity (Wildman–Crippen MR) is 135 cm³/mol. The molecule has 0 bridgehead atoms. The van der Waals surface area contributed by atoms with Gasteiger partial charge >= 0.3 is 0 Å². The lowest BCUT2D eigenvalue weighted by molar-refractivity contribution is 0.341. The van der Waals surface area contributed by atoms with Crippen LogP contribution in [0.25, 0.3) is 10.8 Å². The highest BCUT2D eigenvalue weighted by molar-refractivity contribution is 5.96. The highest BCUT2D eigenvalue weighted by Gasteiger charge is 2.23. The zero-order chi connectivity index (χ0) is 21.8. The van der Waals surface area contributed by atoms with Crippen LogP contribution in [0.3, 0.4) is 0 Å². The Hall–Kier alpha value is -2.65. The number of nitrogens with zero attached hydrogens (tertiary/aromatic N) is 1. The van der Waals surface area contributed by atoms with Gasteiger partial charge in [-0.1, -0.05) is 73.2 Å². The number of hydrogen-bond donors (Lipinski definition) is 2. The van der Waals surface area contributed by atoms with Gasteiger partial charge in [0, 0.05) is 24.7 Å². The van der Waals surface area contributed by atoms with Gasteiger partial charge in [0.05, 0.1) is 0 Å². The maximum Gasteiger partial charge on any atom is 0.128 e. The lowest BCUT2D eigenvalue weighted by atomic mass is 9.81. The SMILES string of the molecule is N=C(c1ccc(C2CCCC(NCCc3cccc4ccccc34)C2)cc1)N1CCCC1. The van der Waals surface area contributed by atoms with Crippen LogP contribution < -0.4 is 5.32 Å². The molecule has 1 aliphatic heterocycles. The minimum absolute atomic E-state index is 0.603. The highest BCUT2D eigenvalue weighted by Crippen LogP contribution is 2.33. The second-order valence-electron chi connectivity index (χ2n) is 9.57. The molecular weight excluding hydrogens is 390 g/mol. The summed E-state index contributed by atoms with van der Waals surface area (Å²) in [4.78, 5) is 2.21. The van der Waals surface area contributed by atoms with E-state index in [1.807, 2.05) is 0 Å². The van der Waals surface area contributed by atoms with Crippen molar-refractivity contribution in [2.24, 2.45) is 0 Å². The third-order valence-corrected chi connectivity index (χ3v) is 7.46. The summed E-state index contributed by atoms with van der Waals surface area (Å²) >= 11 is 0. The zero-order valence-corrected chi connectivity index (χ0v) is 19.0. The lowest BCUT2D eigenvalue weighted by Gasteiger charge is -2.30. The zero-order valence-electron chi connectivity index (χ0n) is 19.0. The molecule has 2 N–H and O–H groups in total. The van der Waals surface area contributed by atoms with Crippen LogP contribution in [0.2, 0.25) is 0 Å². The Labute approximate surface area is 192 Å². The summed E-state index contributed by atoms with van der Waals surface area (Å²) < 4.78 is 0. The van der Waals surface area contributed by atoms with Crippen molar-refractivity contribution >= 4 is 16.6 Å². The van der Waals surface area contributed by atoms with Gasteiger partial charge in [-0.2, -0.15) is 0 Å². The van der Waals surface area contributed by atoms with Crippen molar-refractivity contribution in [3.05, 3.63) is 83.4 Å². The normalized spacial score (nSPS) is 21.2. The minimum atomic E-state index is 0.603. The molecule has 2 fully saturated rings. The number of nitrogens with one attached hydrogen (secondary N) is 2. The van der Waals surface area contributed by atoms with E-state index >= 15 is 0 Å². The van der Waals surface area contributed by atoms with Gasteiger partial charge in [0.1, 0.15) is 5.84 Å². The number of benzene rings is 3. The van der Waals surface area contributed by atoms with Crippen molar-refractivity contribution in [3.8, 4) is 0 Å². The molecule has 1 saturated carbocycles. The highest BCUT2D eigenvalue weighted by atomic mass is 15.2. The van der Waals surface area contributed by atoms with Gasteiger partial charge in [-0.25, -0.2) is 0 Å². The molecule has 2 atom stereocenters. The number of amidine groups is 1.